The smallest absolute Gasteiger partial charge is 0.254 e. The molecule has 0 aliphatic carbocycles. The van der Waals surface area contributed by atoms with E-state index in [-0.39, 0.29) is 5.91 Å². The standard InChI is InChI=1S/C15H20N4O/c1-12(7-8-16)9-17-15(20)13-10-18-19(11-13)14-5-3-2-4-6-14/h2-6,10-12H,7-9,16H2,1H3,(H,17,20). The number of hydrogen-bond acceptors (Lipinski definition) is 3. The van der Waals surface area contributed by atoms with Gasteiger partial charge in [0.25, 0.3) is 5.91 Å². The summed E-state index contributed by atoms with van der Waals surface area (Å²) in [5, 5.41) is 7.11. The summed E-state index contributed by atoms with van der Waals surface area (Å²) in [5.74, 6) is 0.282. The average molecular weight is 272 g/mol. The third-order valence-electron chi connectivity index (χ3n) is 3.14. The molecule has 0 spiro atoms. The number of para-hydroxylation sites is 1. The van der Waals surface area contributed by atoms with Crippen molar-refractivity contribution in [2.45, 2.75) is 13.3 Å². The van der Waals surface area contributed by atoms with Crippen LogP contribution in [0.15, 0.2) is 42.7 Å². The molecule has 0 aliphatic heterocycles. The molecule has 5 nitrogen and oxygen atoms in total. The fourth-order valence-electron chi connectivity index (χ4n) is 1.92. The van der Waals surface area contributed by atoms with Crippen LogP contribution in [0.5, 0.6) is 0 Å². The minimum atomic E-state index is -0.101. The summed E-state index contributed by atoms with van der Waals surface area (Å²) >= 11 is 0. The highest BCUT2D eigenvalue weighted by molar-refractivity contribution is 5.93. The predicted octanol–water partition coefficient (Wildman–Crippen LogP) is 1.59. The van der Waals surface area contributed by atoms with Gasteiger partial charge in [-0.1, -0.05) is 25.1 Å². The van der Waals surface area contributed by atoms with Crippen LogP contribution in [0.2, 0.25) is 0 Å². The molecule has 2 aromatic rings. The molecule has 0 bridgehead atoms. The summed E-state index contributed by atoms with van der Waals surface area (Å²) in [6.45, 7) is 3.34. The zero-order valence-electron chi connectivity index (χ0n) is 11.6. The normalized spacial score (nSPS) is 12.1. The maximum absolute atomic E-state index is 12.0. The lowest BCUT2D eigenvalue weighted by molar-refractivity contribution is 0.0947. The fourth-order valence-corrected chi connectivity index (χ4v) is 1.92. The third kappa shape index (κ3) is 3.68. The zero-order valence-corrected chi connectivity index (χ0v) is 11.6. The molecule has 1 amide bonds. The topological polar surface area (TPSA) is 72.9 Å². The molecule has 0 saturated heterocycles. The third-order valence-corrected chi connectivity index (χ3v) is 3.14. The van der Waals surface area contributed by atoms with Crippen LogP contribution < -0.4 is 11.1 Å². The van der Waals surface area contributed by atoms with Crippen molar-refractivity contribution in [3.05, 3.63) is 48.3 Å². The first-order valence-corrected chi connectivity index (χ1v) is 6.79. The van der Waals surface area contributed by atoms with Gasteiger partial charge in [0.15, 0.2) is 0 Å². The van der Waals surface area contributed by atoms with Crippen LogP contribution in [0.4, 0.5) is 0 Å². The summed E-state index contributed by atoms with van der Waals surface area (Å²) in [5.41, 5.74) is 6.99. The summed E-state index contributed by atoms with van der Waals surface area (Å²) < 4.78 is 1.69. The second-order valence-corrected chi connectivity index (χ2v) is 4.90. The van der Waals surface area contributed by atoms with Crippen LogP contribution in [0.3, 0.4) is 0 Å². The second-order valence-electron chi connectivity index (χ2n) is 4.90. The van der Waals surface area contributed by atoms with E-state index < -0.39 is 0 Å². The van der Waals surface area contributed by atoms with E-state index in [9.17, 15) is 4.79 Å². The molecule has 1 aromatic heterocycles. The summed E-state index contributed by atoms with van der Waals surface area (Å²) in [6, 6.07) is 9.70. The quantitative estimate of drug-likeness (QED) is 0.838. The van der Waals surface area contributed by atoms with Crippen LogP contribution in [0.1, 0.15) is 23.7 Å². The lowest BCUT2D eigenvalue weighted by Gasteiger charge is -2.10. The average Bonchev–Trinajstić information content (AvgIpc) is 2.96. The largest absolute Gasteiger partial charge is 0.352 e. The Bertz CT molecular complexity index is 550. The number of nitrogens with zero attached hydrogens (tertiary/aromatic N) is 2. The number of carbonyl (C=O) groups excluding carboxylic acids is 1. The molecule has 5 heteroatoms. The fraction of sp³-hybridized carbons (Fsp3) is 0.333. The van der Waals surface area contributed by atoms with Crippen molar-refractivity contribution >= 4 is 5.91 Å². The Hall–Kier alpha value is -2.14. The van der Waals surface area contributed by atoms with Crippen molar-refractivity contribution in [3.8, 4) is 5.69 Å². The number of aromatic nitrogens is 2. The summed E-state index contributed by atoms with van der Waals surface area (Å²) in [6.07, 6.45) is 4.22. The Labute approximate surface area is 118 Å². The summed E-state index contributed by atoms with van der Waals surface area (Å²) in [7, 11) is 0. The van der Waals surface area contributed by atoms with Gasteiger partial charge in [0, 0.05) is 12.7 Å². The van der Waals surface area contributed by atoms with Gasteiger partial charge < -0.3 is 11.1 Å². The molecule has 0 fully saturated rings. The van der Waals surface area contributed by atoms with Crippen molar-refractivity contribution in [2.24, 2.45) is 11.7 Å². The maximum atomic E-state index is 12.0. The van der Waals surface area contributed by atoms with Gasteiger partial charge in [-0.05, 0) is 31.0 Å². The van der Waals surface area contributed by atoms with Crippen LogP contribution >= 0.6 is 0 Å². The van der Waals surface area contributed by atoms with E-state index in [1.165, 1.54) is 0 Å². The lowest BCUT2D eigenvalue weighted by atomic mass is 10.1. The number of nitrogens with one attached hydrogen (secondary N) is 1. The van der Waals surface area contributed by atoms with E-state index >= 15 is 0 Å². The van der Waals surface area contributed by atoms with Crippen molar-refractivity contribution in [1.29, 1.82) is 0 Å². The first kappa shape index (κ1) is 14.3. The van der Waals surface area contributed by atoms with Crippen molar-refractivity contribution in [2.75, 3.05) is 13.1 Å². The monoisotopic (exact) mass is 272 g/mol. The van der Waals surface area contributed by atoms with Crippen LogP contribution in [-0.2, 0) is 0 Å². The lowest BCUT2D eigenvalue weighted by Crippen LogP contribution is -2.28. The Balaban J connectivity index is 1.97. The predicted molar refractivity (Wildman–Crippen MR) is 78.7 cm³/mol. The molecule has 0 aliphatic rings. The first-order valence-electron chi connectivity index (χ1n) is 6.79. The molecular weight excluding hydrogens is 252 g/mol. The molecule has 20 heavy (non-hydrogen) atoms. The molecular formula is C15H20N4O. The highest BCUT2D eigenvalue weighted by Gasteiger charge is 2.10. The number of amides is 1. The number of rotatable bonds is 6. The van der Waals surface area contributed by atoms with E-state index in [2.05, 4.69) is 17.3 Å². The van der Waals surface area contributed by atoms with Crippen molar-refractivity contribution in [1.82, 2.24) is 15.1 Å². The van der Waals surface area contributed by atoms with Gasteiger partial charge in [-0.25, -0.2) is 4.68 Å². The summed E-state index contributed by atoms with van der Waals surface area (Å²) in [4.78, 5) is 12.0. The van der Waals surface area contributed by atoms with Gasteiger partial charge in [0.1, 0.15) is 0 Å². The minimum Gasteiger partial charge on any atom is -0.352 e. The number of hydrogen-bond donors (Lipinski definition) is 2. The van der Waals surface area contributed by atoms with Gasteiger partial charge in [0.2, 0.25) is 0 Å². The van der Waals surface area contributed by atoms with Crippen LogP contribution in [0, 0.1) is 5.92 Å². The Morgan fingerprint density at radius 2 is 2.15 bits per heavy atom. The van der Waals surface area contributed by atoms with Gasteiger partial charge in [0.05, 0.1) is 17.4 Å². The van der Waals surface area contributed by atoms with Crippen LogP contribution in [-0.4, -0.2) is 28.8 Å². The molecule has 2 rings (SSSR count). The Morgan fingerprint density at radius 3 is 2.85 bits per heavy atom. The Morgan fingerprint density at radius 1 is 1.40 bits per heavy atom. The van der Waals surface area contributed by atoms with E-state index in [1.54, 1.807) is 17.1 Å². The molecule has 106 valence electrons. The molecule has 1 aromatic carbocycles. The Kier molecular flexibility index (Phi) is 4.90. The SMILES string of the molecule is CC(CCN)CNC(=O)c1cnn(-c2ccccc2)c1. The second kappa shape index (κ2) is 6.86. The van der Waals surface area contributed by atoms with Crippen LogP contribution in [0.25, 0.3) is 5.69 Å². The van der Waals surface area contributed by atoms with Crippen molar-refractivity contribution < 1.29 is 4.79 Å². The number of nitrogens with two attached hydrogens (primary N) is 1. The first-order chi connectivity index (χ1) is 9.70. The number of carbonyl (C=O) groups is 1. The highest BCUT2D eigenvalue weighted by Crippen LogP contribution is 2.07. The van der Waals surface area contributed by atoms with E-state index in [0.29, 0.717) is 24.6 Å². The molecule has 1 atom stereocenters. The van der Waals surface area contributed by atoms with Gasteiger partial charge in [-0.2, -0.15) is 5.10 Å². The zero-order chi connectivity index (χ0) is 14.4. The molecule has 0 radical (unpaired) electrons. The van der Waals surface area contributed by atoms with Gasteiger partial charge >= 0.3 is 0 Å². The molecule has 3 N–H and O–H groups in total. The molecule has 1 unspecified atom stereocenters. The van der Waals surface area contributed by atoms with Crippen molar-refractivity contribution in [3.63, 3.8) is 0 Å². The maximum Gasteiger partial charge on any atom is 0.254 e. The van der Waals surface area contributed by atoms with Gasteiger partial charge in [-0.15, -0.1) is 0 Å². The minimum absolute atomic E-state index is 0.101. The van der Waals surface area contributed by atoms with Gasteiger partial charge in [-0.3, -0.25) is 4.79 Å². The number of benzene rings is 1. The van der Waals surface area contributed by atoms with E-state index in [1.807, 2.05) is 30.3 Å². The highest BCUT2D eigenvalue weighted by atomic mass is 16.1. The molecule has 1 heterocycles. The molecule has 0 saturated carbocycles. The van der Waals surface area contributed by atoms with E-state index in [4.69, 9.17) is 5.73 Å². The van der Waals surface area contributed by atoms with E-state index in [0.717, 1.165) is 12.1 Å².